The van der Waals surface area contributed by atoms with Crippen LogP contribution < -0.4 is 10.1 Å². The first-order valence-electron chi connectivity index (χ1n) is 8.60. The van der Waals surface area contributed by atoms with E-state index in [1.54, 1.807) is 10.9 Å². The van der Waals surface area contributed by atoms with Crippen LogP contribution in [0.1, 0.15) is 0 Å². The van der Waals surface area contributed by atoms with Gasteiger partial charge in [0.2, 0.25) is 11.6 Å². The zero-order valence-corrected chi connectivity index (χ0v) is 15.8. The molecule has 2 aromatic carbocycles. The number of anilines is 2. The molecule has 0 amide bonds. The lowest BCUT2D eigenvalue weighted by Crippen LogP contribution is -2.05. The number of nitrogens with zero attached hydrogens (tertiary/aromatic N) is 5. The number of aryl methyl sites for hydroxylation is 1. The highest BCUT2D eigenvalue weighted by molar-refractivity contribution is 5.84. The zero-order chi connectivity index (χ0) is 21.4. The number of hydrogen-bond acceptors (Lipinski definition) is 7. The maximum absolute atomic E-state index is 14.6. The van der Waals surface area contributed by atoms with E-state index in [0.717, 1.165) is 22.5 Å². The highest BCUT2D eigenvalue weighted by Crippen LogP contribution is 2.37. The number of nitro benzene ring substituents is 1. The summed E-state index contributed by atoms with van der Waals surface area (Å²) in [5, 5.41) is 18.8. The van der Waals surface area contributed by atoms with Gasteiger partial charge < -0.3 is 10.1 Å². The molecule has 11 heteroatoms. The minimum absolute atomic E-state index is 0.142. The van der Waals surface area contributed by atoms with Gasteiger partial charge in [0, 0.05) is 30.1 Å². The van der Waals surface area contributed by atoms with Gasteiger partial charge in [-0.15, -0.1) is 0 Å². The maximum atomic E-state index is 14.6. The second-order valence-electron chi connectivity index (χ2n) is 6.31. The molecule has 0 aliphatic heterocycles. The van der Waals surface area contributed by atoms with Gasteiger partial charge in [0.05, 0.1) is 29.4 Å². The molecule has 0 atom stereocenters. The molecule has 0 aliphatic carbocycles. The van der Waals surface area contributed by atoms with Crippen molar-refractivity contribution in [2.75, 3.05) is 12.4 Å². The molecule has 0 aliphatic rings. The number of methoxy groups -OCH3 is 1. The van der Waals surface area contributed by atoms with Gasteiger partial charge in [0.1, 0.15) is 23.6 Å². The van der Waals surface area contributed by atoms with Crippen LogP contribution >= 0.6 is 0 Å². The van der Waals surface area contributed by atoms with Gasteiger partial charge in [0.15, 0.2) is 0 Å². The monoisotopic (exact) mass is 412 g/mol. The van der Waals surface area contributed by atoms with Gasteiger partial charge in [-0.2, -0.15) is 13.9 Å². The Morgan fingerprint density at radius 3 is 2.73 bits per heavy atom. The zero-order valence-electron chi connectivity index (χ0n) is 15.8. The molecule has 4 aromatic rings. The minimum Gasteiger partial charge on any atom is -0.494 e. The summed E-state index contributed by atoms with van der Waals surface area (Å²) in [5.41, 5.74) is 0.481. The van der Waals surface area contributed by atoms with Crippen molar-refractivity contribution in [2.24, 2.45) is 7.05 Å². The van der Waals surface area contributed by atoms with E-state index in [4.69, 9.17) is 4.74 Å². The number of hydrogen-bond donors (Lipinski definition) is 1. The van der Waals surface area contributed by atoms with E-state index >= 15 is 0 Å². The third-order valence-electron chi connectivity index (χ3n) is 4.53. The van der Waals surface area contributed by atoms with Crippen LogP contribution in [0.2, 0.25) is 0 Å². The van der Waals surface area contributed by atoms with E-state index in [1.807, 2.05) is 25.2 Å². The Balaban J connectivity index is 1.75. The first kappa shape index (κ1) is 19.2. The number of nitrogens with one attached hydrogen (secondary N) is 1. The second-order valence-corrected chi connectivity index (χ2v) is 6.31. The summed E-state index contributed by atoms with van der Waals surface area (Å²) in [5.74, 6) is -2.84. The SMILES string of the molecule is COc1cc(F)c([N+](=O)[O-])c(F)c1Nc1cc(-c2ccc3cnn(C)c3c2)ncn1. The van der Waals surface area contributed by atoms with Crippen molar-refractivity contribution in [1.82, 2.24) is 19.7 Å². The van der Waals surface area contributed by atoms with Crippen molar-refractivity contribution >= 4 is 28.1 Å². The van der Waals surface area contributed by atoms with E-state index in [1.165, 1.54) is 19.5 Å². The second kappa shape index (κ2) is 7.35. The Morgan fingerprint density at radius 2 is 2.00 bits per heavy atom. The molecule has 2 aromatic heterocycles. The minimum atomic E-state index is -1.40. The van der Waals surface area contributed by atoms with E-state index in [9.17, 15) is 18.9 Å². The summed E-state index contributed by atoms with van der Waals surface area (Å²) < 4.78 is 35.2. The predicted molar refractivity (Wildman–Crippen MR) is 105 cm³/mol. The van der Waals surface area contributed by atoms with Crippen molar-refractivity contribution in [3.8, 4) is 17.0 Å². The smallest absolute Gasteiger partial charge is 0.342 e. The summed E-state index contributed by atoms with van der Waals surface area (Å²) in [6.45, 7) is 0. The molecule has 0 spiro atoms. The quantitative estimate of drug-likeness (QED) is 0.390. The largest absolute Gasteiger partial charge is 0.494 e. The van der Waals surface area contributed by atoms with Crippen LogP contribution in [0.3, 0.4) is 0 Å². The van der Waals surface area contributed by atoms with Gasteiger partial charge in [-0.1, -0.05) is 12.1 Å². The molecule has 0 unspecified atom stereocenters. The fourth-order valence-corrected chi connectivity index (χ4v) is 3.05. The third-order valence-corrected chi connectivity index (χ3v) is 4.53. The normalized spacial score (nSPS) is 10.9. The molecule has 9 nitrogen and oxygen atoms in total. The third kappa shape index (κ3) is 3.26. The van der Waals surface area contributed by atoms with Crippen LogP contribution in [-0.4, -0.2) is 31.8 Å². The molecule has 0 saturated carbocycles. The molecule has 152 valence electrons. The molecular formula is C19H14F2N6O3. The van der Waals surface area contributed by atoms with Crippen LogP contribution in [0.25, 0.3) is 22.2 Å². The first-order valence-corrected chi connectivity index (χ1v) is 8.60. The number of halogens is 2. The van der Waals surface area contributed by atoms with Gasteiger partial charge in [-0.05, 0) is 6.07 Å². The summed E-state index contributed by atoms with van der Waals surface area (Å²) in [4.78, 5) is 18.1. The Bertz CT molecular complexity index is 1290. The first-order chi connectivity index (χ1) is 14.4. The van der Waals surface area contributed by atoms with E-state index in [-0.39, 0.29) is 11.6 Å². The van der Waals surface area contributed by atoms with Gasteiger partial charge >= 0.3 is 5.69 Å². The fraction of sp³-hybridized carbons (Fsp3) is 0.105. The van der Waals surface area contributed by atoms with Crippen molar-refractivity contribution in [3.63, 3.8) is 0 Å². The summed E-state index contributed by atoms with van der Waals surface area (Å²) >= 11 is 0. The van der Waals surface area contributed by atoms with Crippen molar-refractivity contribution in [2.45, 2.75) is 0 Å². The molecule has 0 radical (unpaired) electrons. The molecule has 30 heavy (non-hydrogen) atoms. The summed E-state index contributed by atoms with van der Waals surface area (Å²) in [6, 6.07) is 7.89. The number of rotatable bonds is 5. The Labute approximate surface area is 168 Å². The molecule has 0 fully saturated rings. The van der Waals surface area contributed by atoms with Crippen molar-refractivity contribution in [3.05, 3.63) is 64.6 Å². The van der Waals surface area contributed by atoms with Gasteiger partial charge in [-0.25, -0.2) is 9.97 Å². The molecule has 4 rings (SSSR count). The molecule has 1 N–H and O–H groups in total. The topological polar surface area (TPSA) is 108 Å². The number of benzene rings is 2. The number of aromatic nitrogens is 4. The maximum Gasteiger partial charge on any atom is 0.342 e. The van der Waals surface area contributed by atoms with Crippen LogP contribution in [0.4, 0.5) is 26.0 Å². The van der Waals surface area contributed by atoms with E-state index < -0.39 is 27.9 Å². The van der Waals surface area contributed by atoms with E-state index in [2.05, 4.69) is 20.4 Å². The Morgan fingerprint density at radius 1 is 1.20 bits per heavy atom. The molecule has 0 bridgehead atoms. The lowest BCUT2D eigenvalue weighted by molar-refractivity contribution is -0.390. The molecule has 0 saturated heterocycles. The average molecular weight is 412 g/mol. The predicted octanol–water partition coefficient (Wildman–Crippen LogP) is 3.97. The summed E-state index contributed by atoms with van der Waals surface area (Å²) in [6.07, 6.45) is 3.00. The van der Waals surface area contributed by atoms with Crippen molar-refractivity contribution < 1.29 is 18.4 Å². The lowest BCUT2D eigenvalue weighted by atomic mass is 10.1. The average Bonchev–Trinajstić information content (AvgIpc) is 3.10. The summed E-state index contributed by atoms with van der Waals surface area (Å²) in [7, 11) is 3.01. The highest BCUT2D eigenvalue weighted by atomic mass is 19.1. The number of fused-ring (bicyclic) bond motifs is 1. The molecular weight excluding hydrogens is 398 g/mol. The Hall–Kier alpha value is -4.15. The van der Waals surface area contributed by atoms with Crippen LogP contribution in [0.15, 0.2) is 42.9 Å². The molecule has 2 heterocycles. The highest BCUT2D eigenvalue weighted by Gasteiger charge is 2.28. The number of nitro groups is 1. The number of ether oxygens (including phenoxy) is 1. The van der Waals surface area contributed by atoms with Gasteiger partial charge in [0.25, 0.3) is 0 Å². The fourth-order valence-electron chi connectivity index (χ4n) is 3.05. The Kier molecular flexibility index (Phi) is 4.70. The van der Waals surface area contributed by atoms with Gasteiger partial charge in [-0.3, -0.25) is 14.8 Å². The lowest BCUT2D eigenvalue weighted by Gasteiger charge is -2.12. The van der Waals surface area contributed by atoms with Crippen molar-refractivity contribution in [1.29, 1.82) is 0 Å². The standard InChI is InChI=1S/C19H14F2N6O3/c1-26-14-5-10(3-4-11(14)8-24-26)13-7-16(23-9-22-13)25-18-15(30-2)6-12(20)19(17(18)21)27(28)29/h3-9H,1-2H3,(H,22,23,25). The van der Waals surface area contributed by atoms with Crippen LogP contribution in [0, 0.1) is 21.7 Å². The van der Waals surface area contributed by atoms with Crippen LogP contribution in [-0.2, 0) is 7.05 Å². The van der Waals surface area contributed by atoms with Crippen LogP contribution in [0.5, 0.6) is 5.75 Å². The van der Waals surface area contributed by atoms with E-state index in [0.29, 0.717) is 5.69 Å².